The molecule has 0 aromatic carbocycles. The zero-order valence-corrected chi connectivity index (χ0v) is 13.7. The fourth-order valence-electron chi connectivity index (χ4n) is 3.09. The topological polar surface area (TPSA) is 57.8 Å². The van der Waals surface area contributed by atoms with Gasteiger partial charge in [-0.2, -0.15) is 0 Å². The first-order chi connectivity index (χ1) is 9.77. The number of fused-ring (bicyclic) bond motifs is 1. The Hall–Kier alpha value is -1.40. The molecule has 1 amide bonds. The number of hydrogen-bond acceptors (Lipinski definition) is 4. The average Bonchev–Trinajstić information content (AvgIpc) is 2.83. The first-order valence-corrected chi connectivity index (χ1v) is 8.00. The molecule has 0 radical (unpaired) electrons. The number of nitrogens with zero attached hydrogens (tertiary/aromatic N) is 3. The Morgan fingerprint density at radius 2 is 2.24 bits per heavy atom. The number of amides is 1. The van der Waals surface area contributed by atoms with Gasteiger partial charge < -0.3 is 10.0 Å². The highest BCUT2D eigenvalue weighted by Gasteiger charge is 2.43. The van der Waals surface area contributed by atoms with Gasteiger partial charge in [0.15, 0.2) is 4.96 Å². The van der Waals surface area contributed by atoms with Gasteiger partial charge in [-0.1, -0.05) is 0 Å². The molecule has 2 aromatic rings. The zero-order chi connectivity index (χ0) is 15.4. The minimum Gasteiger partial charge on any atom is -0.390 e. The monoisotopic (exact) mass is 307 g/mol. The van der Waals surface area contributed by atoms with Crippen LogP contribution in [0.15, 0.2) is 6.20 Å². The summed E-state index contributed by atoms with van der Waals surface area (Å²) < 4.78 is 2.08. The van der Waals surface area contributed by atoms with Crippen LogP contribution in [0.1, 0.15) is 36.0 Å². The fraction of sp³-hybridized carbons (Fsp3) is 0.600. The van der Waals surface area contributed by atoms with Crippen LogP contribution in [0, 0.1) is 19.8 Å². The predicted octanol–water partition coefficient (Wildman–Crippen LogP) is 2.13. The predicted molar refractivity (Wildman–Crippen MR) is 82.4 cm³/mol. The molecule has 0 unspecified atom stereocenters. The summed E-state index contributed by atoms with van der Waals surface area (Å²) in [5, 5.41) is 9.78. The van der Waals surface area contributed by atoms with Crippen LogP contribution >= 0.6 is 11.3 Å². The Bertz CT molecular complexity index is 693. The smallest absolute Gasteiger partial charge is 0.225 e. The SMILES string of the molecule is Cc1cn2c(CN(C)C(=O)C3CC(C)(O)C3)c(C)nc2s1. The number of rotatable bonds is 3. The van der Waals surface area contributed by atoms with Gasteiger partial charge in [-0.3, -0.25) is 9.20 Å². The summed E-state index contributed by atoms with van der Waals surface area (Å²) in [5.41, 5.74) is 1.38. The Morgan fingerprint density at radius 3 is 2.86 bits per heavy atom. The van der Waals surface area contributed by atoms with Crippen molar-refractivity contribution in [2.45, 2.75) is 45.8 Å². The molecule has 1 aliphatic rings. The van der Waals surface area contributed by atoms with Gasteiger partial charge in [0.1, 0.15) is 0 Å². The van der Waals surface area contributed by atoms with Gasteiger partial charge in [0.05, 0.1) is 23.5 Å². The molecule has 21 heavy (non-hydrogen) atoms. The quantitative estimate of drug-likeness (QED) is 0.945. The third kappa shape index (κ3) is 2.58. The Balaban J connectivity index is 1.75. The summed E-state index contributed by atoms with van der Waals surface area (Å²) in [7, 11) is 1.83. The molecule has 0 atom stereocenters. The van der Waals surface area contributed by atoms with E-state index in [1.54, 1.807) is 23.2 Å². The molecular weight excluding hydrogens is 286 g/mol. The van der Waals surface area contributed by atoms with Crippen molar-refractivity contribution >= 4 is 22.2 Å². The molecule has 0 spiro atoms. The van der Waals surface area contributed by atoms with Crippen LogP contribution in [-0.2, 0) is 11.3 Å². The van der Waals surface area contributed by atoms with Crippen molar-refractivity contribution in [3.63, 3.8) is 0 Å². The number of aromatic nitrogens is 2. The Labute approximate surface area is 128 Å². The van der Waals surface area contributed by atoms with Gasteiger partial charge in [0, 0.05) is 24.0 Å². The third-order valence-corrected chi connectivity index (χ3v) is 5.12. The van der Waals surface area contributed by atoms with E-state index in [2.05, 4.69) is 22.5 Å². The molecule has 1 fully saturated rings. The number of carbonyl (C=O) groups is 1. The first-order valence-electron chi connectivity index (χ1n) is 7.18. The van der Waals surface area contributed by atoms with E-state index in [0.717, 1.165) is 16.3 Å². The van der Waals surface area contributed by atoms with Crippen molar-refractivity contribution in [1.82, 2.24) is 14.3 Å². The van der Waals surface area contributed by atoms with Gasteiger partial charge in [0.2, 0.25) is 5.91 Å². The van der Waals surface area contributed by atoms with E-state index in [4.69, 9.17) is 0 Å². The van der Waals surface area contributed by atoms with Crippen LogP contribution in [0.4, 0.5) is 0 Å². The summed E-state index contributed by atoms with van der Waals surface area (Å²) in [6.07, 6.45) is 3.20. The standard InChI is InChI=1S/C15H21N3O2S/c1-9-7-18-12(10(2)16-14(18)21-9)8-17(4)13(19)11-5-15(3,20)6-11/h7,11,20H,5-6,8H2,1-4H3. The molecule has 2 aromatic heterocycles. The molecule has 5 nitrogen and oxygen atoms in total. The normalized spacial score (nSPS) is 25.1. The number of carbonyl (C=O) groups excluding carboxylic acids is 1. The summed E-state index contributed by atoms with van der Waals surface area (Å²) in [6.45, 7) is 6.39. The second-order valence-electron chi connectivity index (χ2n) is 6.43. The van der Waals surface area contributed by atoms with E-state index in [0.29, 0.717) is 19.4 Å². The molecule has 0 saturated heterocycles. The second-order valence-corrected chi connectivity index (χ2v) is 7.65. The van der Waals surface area contributed by atoms with E-state index < -0.39 is 5.60 Å². The average molecular weight is 307 g/mol. The molecule has 2 heterocycles. The first kappa shape index (κ1) is 14.5. The van der Waals surface area contributed by atoms with Crippen molar-refractivity contribution in [3.8, 4) is 0 Å². The zero-order valence-electron chi connectivity index (χ0n) is 12.9. The van der Waals surface area contributed by atoms with E-state index in [9.17, 15) is 9.90 Å². The molecule has 1 aliphatic carbocycles. The molecular formula is C15H21N3O2S. The van der Waals surface area contributed by atoms with Gasteiger partial charge in [-0.05, 0) is 33.6 Å². The van der Waals surface area contributed by atoms with Crippen molar-refractivity contribution in [2.24, 2.45) is 5.92 Å². The van der Waals surface area contributed by atoms with Crippen LogP contribution in [0.25, 0.3) is 4.96 Å². The number of thiazole rings is 1. The van der Waals surface area contributed by atoms with Crippen LogP contribution in [0.5, 0.6) is 0 Å². The van der Waals surface area contributed by atoms with Crippen LogP contribution in [0.3, 0.4) is 0 Å². The Morgan fingerprint density at radius 1 is 1.57 bits per heavy atom. The molecule has 1 N–H and O–H groups in total. The molecule has 3 rings (SSSR count). The van der Waals surface area contributed by atoms with E-state index in [1.165, 1.54) is 4.88 Å². The number of hydrogen-bond donors (Lipinski definition) is 1. The Kier molecular flexibility index (Phi) is 3.33. The highest BCUT2D eigenvalue weighted by atomic mass is 32.1. The largest absolute Gasteiger partial charge is 0.390 e. The molecule has 1 saturated carbocycles. The van der Waals surface area contributed by atoms with Gasteiger partial charge in [0.25, 0.3) is 0 Å². The maximum Gasteiger partial charge on any atom is 0.225 e. The fourth-order valence-corrected chi connectivity index (χ4v) is 3.98. The van der Waals surface area contributed by atoms with Gasteiger partial charge in [-0.15, -0.1) is 11.3 Å². The summed E-state index contributed by atoms with van der Waals surface area (Å²) in [6, 6.07) is 0. The van der Waals surface area contributed by atoms with Gasteiger partial charge >= 0.3 is 0 Å². The molecule has 114 valence electrons. The van der Waals surface area contributed by atoms with Gasteiger partial charge in [-0.25, -0.2) is 4.98 Å². The van der Waals surface area contributed by atoms with E-state index >= 15 is 0 Å². The molecule has 0 bridgehead atoms. The second kappa shape index (κ2) is 4.81. The number of imidazole rings is 1. The lowest BCUT2D eigenvalue weighted by Crippen LogP contribution is -2.48. The van der Waals surface area contributed by atoms with Crippen molar-refractivity contribution in [2.75, 3.05) is 7.05 Å². The van der Waals surface area contributed by atoms with Crippen molar-refractivity contribution in [3.05, 3.63) is 22.5 Å². The highest BCUT2D eigenvalue weighted by Crippen LogP contribution is 2.38. The summed E-state index contributed by atoms with van der Waals surface area (Å²) in [4.78, 5) is 20.9. The van der Waals surface area contributed by atoms with E-state index in [-0.39, 0.29) is 11.8 Å². The van der Waals surface area contributed by atoms with Crippen molar-refractivity contribution in [1.29, 1.82) is 0 Å². The maximum absolute atomic E-state index is 12.4. The lowest BCUT2D eigenvalue weighted by molar-refractivity contribution is -0.148. The van der Waals surface area contributed by atoms with Crippen LogP contribution in [-0.4, -0.2) is 37.9 Å². The molecule has 6 heteroatoms. The lowest BCUT2D eigenvalue weighted by atomic mass is 9.71. The van der Waals surface area contributed by atoms with Crippen molar-refractivity contribution < 1.29 is 9.90 Å². The van der Waals surface area contributed by atoms with Crippen LogP contribution < -0.4 is 0 Å². The molecule has 0 aliphatic heterocycles. The van der Waals surface area contributed by atoms with Crippen LogP contribution in [0.2, 0.25) is 0 Å². The maximum atomic E-state index is 12.4. The number of aryl methyl sites for hydroxylation is 2. The van der Waals surface area contributed by atoms with E-state index in [1.807, 2.05) is 14.0 Å². The summed E-state index contributed by atoms with van der Waals surface area (Å²) >= 11 is 1.66. The third-order valence-electron chi connectivity index (χ3n) is 4.23. The minimum absolute atomic E-state index is 0.0436. The summed E-state index contributed by atoms with van der Waals surface area (Å²) in [5.74, 6) is 0.0701. The number of aliphatic hydroxyl groups is 1. The highest BCUT2D eigenvalue weighted by molar-refractivity contribution is 7.17. The lowest BCUT2D eigenvalue weighted by Gasteiger charge is -2.41. The minimum atomic E-state index is -0.661.